The van der Waals surface area contributed by atoms with Crippen LogP contribution in [-0.4, -0.2) is 44.7 Å². The van der Waals surface area contributed by atoms with Crippen molar-refractivity contribution >= 4 is 28.5 Å². The lowest BCUT2D eigenvalue weighted by Gasteiger charge is -2.18. The first-order chi connectivity index (χ1) is 13.6. The van der Waals surface area contributed by atoms with Crippen LogP contribution in [0.5, 0.6) is 5.75 Å². The predicted octanol–water partition coefficient (Wildman–Crippen LogP) is 3.92. The minimum Gasteiger partial charge on any atom is -0.505 e. The van der Waals surface area contributed by atoms with Crippen LogP contribution in [0, 0.1) is 13.8 Å². The Morgan fingerprint density at radius 1 is 1.28 bits per heavy atom. The average Bonchev–Trinajstić information content (AvgIpc) is 2.94. The molecule has 3 rings (SSSR count). The van der Waals surface area contributed by atoms with Gasteiger partial charge in [0.1, 0.15) is 17.1 Å². The molecule has 0 saturated heterocycles. The van der Waals surface area contributed by atoms with E-state index in [1.807, 2.05) is 25.5 Å². The van der Waals surface area contributed by atoms with Crippen molar-refractivity contribution in [3.63, 3.8) is 0 Å². The second-order valence-electron chi connectivity index (χ2n) is 7.59. The number of hydrogen-bond donors (Lipinski definition) is 2. The number of fused-ring (bicyclic) bond motifs is 1. The molecule has 1 atom stereocenters. The second kappa shape index (κ2) is 8.05. The Morgan fingerprint density at radius 2 is 1.97 bits per heavy atom. The zero-order chi connectivity index (χ0) is 21.5. The highest BCUT2D eigenvalue weighted by Crippen LogP contribution is 2.35. The second-order valence-corrected chi connectivity index (χ2v) is 8.03. The third-order valence-electron chi connectivity index (χ3n) is 5.37. The zero-order valence-electron chi connectivity index (χ0n) is 17.3. The molecule has 0 bridgehead atoms. The molecule has 6 nitrogen and oxygen atoms in total. The molecule has 1 amide bonds. The number of aliphatic hydroxyl groups is 1. The highest BCUT2D eigenvalue weighted by atomic mass is 35.5. The average molecular weight is 416 g/mol. The van der Waals surface area contributed by atoms with E-state index < -0.39 is 6.10 Å². The summed E-state index contributed by atoms with van der Waals surface area (Å²) in [6.07, 6.45) is -0.0634. The Bertz CT molecular complexity index is 1090. The summed E-state index contributed by atoms with van der Waals surface area (Å²) >= 11 is 6.01. The number of imidazole rings is 1. The van der Waals surface area contributed by atoms with Gasteiger partial charge in [0.25, 0.3) is 5.91 Å². The monoisotopic (exact) mass is 415 g/mol. The minimum absolute atomic E-state index is 0.00331. The molecular formula is C22H26ClN3O3. The largest absolute Gasteiger partial charge is 0.505 e. The molecule has 0 radical (unpaired) electrons. The van der Waals surface area contributed by atoms with Crippen molar-refractivity contribution in [1.29, 1.82) is 0 Å². The van der Waals surface area contributed by atoms with E-state index in [9.17, 15) is 15.0 Å². The van der Waals surface area contributed by atoms with Crippen LogP contribution in [0.3, 0.4) is 0 Å². The van der Waals surface area contributed by atoms with Gasteiger partial charge in [0, 0.05) is 37.3 Å². The molecular weight excluding hydrogens is 390 g/mol. The molecule has 0 spiro atoms. The van der Waals surface area contributed by atoms with Gasteiger partial charge in [-0.25, -0.2) is 4.98 Å². The molecule has 0 fully saturated rings. The Kier molecular flexibility index (Phi) is 5.87. The lowest BCUT2D eigenvalue weighted by molar-refractivity contribution is 0.0825. The maximum absolute atomic E-state index is 12.8. The number of halogens is 1. The fourth-order valence-electron chi connectivity index (χ4n) is 3.60. The first-order valence-corrected chi connectivity index (χ1v) is 9.83. The van der Waals surface area contributed by atoms with Crippen LogP contribution in [0.25, 0.3) is 11.0 Å². The lowest BCUT2D eigenvalue weighted by Crippen LogP contribution is -2.23. The summed E-state index contributed by atoms with van der Waals surface area (Å²) in [4.78, 5) is 18.7. The molecule has 154 valence electrons. The predicted molar refractivity (Wildman–Crippen MR) is 115 cm³/mol. The van der Waals surface area contributed by atoms with Crippen LogP contribution in [0.2, 0.25) is 5.02 Å². The van der Waals surface area contributed by atoms with Gasteiger partial charge >= 0.3 is 0 Å². The molecule has 1 aromatic heterocycles. The van der Waals surface area contributed by atoms with E-state index in [1.54, 1.807) is 38.4 Å². The Morgan fingerprint density at radius 3 is 2.59 bits per heavy atom. The summed E-state index contributed by atoms with van der Waals surface area (Å²) in [5, 5.41) is 22.2. The van der Waals surface area contributed by atoms with E-state index in [-0.39, 0.29) is 11.7 Å². The summed E-state index contributed by atoms with van der Waals surface area (Å²) in [5.74, 6) is 0.539. The van der Waals surface area contributed by atoms with Crippen molar-refractivity contribution in [3.8, 4) is 5.75 Å². The molecule has 2 aromatic carbocycles. The first-order valence-electron chi connectivity index (χ1n) is 9.45. The summed E-state index contributed by atoms with van der Waals surface area (Å²) < 4.78 is 1.84. The first kappa shape index (κ1) is 21.1. The number of carbonyl (C=O) groups is 1. The number of aliphatic hydroxyl groups excluding tert-OH is 1. The van der Waals surface area contributed by atoms with E-state index in [1.165, 1.54) is 4.90 Å². The number of aryl methyl sites for hydroxylation is 3. The van der Waals surface area contributed by atoms with Crippen LogP contribution >= 0.6 is 11.6 Å². The van der Waals surface area contributed by atoms with Crippen molar-refractivity contribution in [1.82, 2.24) is 14.5 Å². The number of phenols is 1. The molecule has 7 heteroatoms. The molecule has 0 aliphatic heterocycles. The maximum Gasteiger partial charge on any atom is 0.253 e. The van der Waals surface area contributed by atoms with E-state index in [0.717, 1.165) is 17.0 Å². The molecule has 2 N–H and O–H groups in total. The van der Waals surface area contributed by atoms with E-state index in [0.29, 0.717) is 40.0 Å². The Balaban J connectivity index is 2.02. The van der Waals surface area contributed by atoms with E-state index in [2.05, 4.69) is 4.98 Å². The standard InChI is InChI=1S/C22H26ClN3O3/c1-12-10-14(23)6-7-15(12)19(27)9-8-16-17(22(29)25(3)4)11-18-20(21(16)28)24-13(2)26(18)5/h6-7,10-11,19,27-28H,8-9H2,1-5H3/t19-/m1/s1. The molecule has 0 saturated carbocycles. The summed E-state index contributed by atoms with van der Waals surface area (Å²) in [6.45, 7) is 3.74. The number of rotatable bonds is 5. The third kappa shape index (κ3) is 3.95. The van der Waals surface area contributed by atoms with Gasteiger partial charge in [0.2, 0.25) is 0 Å². The van der Waals surface area contributed by atoms with Gasteiger partial charge in [0.15, 0.2) is 0 Å². The molecule has 0 unspecified atom stereocenters. The van der Waals surface area contributed by atoms with Crippen LogP contribution in [-0.2, 0) is 13.5 Å². The van der Waals surface area contributed by atoms with Crippen LogP contribution in [0.15, 0.2) is 24.3 Å². The fraction of sp³-hybridized carbons (Fsp3) is 0.364. The number of carbonyl (C=O) groups excluding carboxylic acids is 1. The number of amides is 1. The van der Waals surface area contributed by atoms with E-state index >= 15 is 0 Å². The Labute approximate surface area is 175 Å². The van der Waals surface area contributed by atoms with Gasteiger partial charge in [-0.3, -0.25) is 4.79 Å². The maximum atomic E-state index is 12.8. The number of aromatic hydroxyl groups is 1. The fourth-order valence-corrected chi connectivity index (χ4v) is 3.82. The summed E-state index contributed by atoms with van der Waals surface area (Å²) in [7, 11) is 5.20. The van der Waals surface area contributed by atoms with Crippen molar-refractivity contribution < 1.29 is 15.0 Å². The van der Waals surface area contributed by atoms with E-state index in [4.69, 9.17) is 11.6 Å². The minimum atomic E-state index is -0.741. The number of hydrogen-bond acceptors (Lipinski definition) is 4. The van der Waals surface area contributed by atoms with Gasteiger partial charge in [0.05, 0.1) is 11.6 Å². The zero-order valence-corrected chi connectivity index (χ0v) is 18.1. The highest BCUT2D eigenvalue weighted by molar-refractivity contribution is 6.30. The molecule has 3 aromatic rings. The Hall–Kier alpha value is -2.57. The van der Waals surface area contributed by atoms with Crippen molar-refractivity contribution in [3.05, 3.63) is 57.4 Å². The number of aromatic nitrogens is 2. The number of nitrogens with zero attached hydrogens (tertiary/aromatic N) is 3. The summed E-state index contributed by atoms with van der Waals surface area (Å²) in [6, 6.07) is 7.13. The van der Waals surface area contributed by atoms with Crippen molar-refractivity contribution in [2.24, 2.45) is 7.05 Å². The highest BCUT2D eigenvalue weighted by Gasteiger charge is 2.23. The van der Waals surface area contributed by atoms with Crippen molar-refractivity contribution in [2.45, 2.75) is 32.8 Å². The van der Waals surface area contributed by atoms with Gasteiger partial charge in [-0.1, -0.05) is 17.7 Å². The molecule has 0 aliphatic rings. The molecule has 1 heterocycles. The van der Waals surface area contributed by atoms with Crippen LogP contribution in [0.1, 0.15) is 45.4 Å². The third-order valence-corrected chi connectivity index (χ3v) is 5.61. The summed E-state index contributed by atoms with van der Waals surface area (Å²) in [5.41, 5.74) is 3.76. The molecule has 0 aliphatic carbocycles. The van der Waals surface area contributed by atoms with Crippen LogP contribution in [0.4, 0.5) is 0 Å². The lowest BCUT2D eigenvalue weighted by atomic mass is 9.94. The van der Waals surface area contributed by atoms with Gasteiger partial charge in [-0.05, 0) is 56.0 Å². The molecule has 29 heavy (non-hydrogen) atoms. The topological polar surface area (TPSA) is 78.6 Å². The SMILES string of the molecule is Cc1cc(Cl)ccc1[C@H](O)CCc1c(C(=O)N(C)C)cc2c(nc(C)n2C)c1O. The van der Waals surface area contributed by atoms with Crippen molar-refractivity contribution in [2.75, 3.05) is 14.1 Å². The quantitative estimate of drug-likeness (QED) is 0.662. The normalized spacial score (nSPS) is 12.4. The van der Waals surface area contributed by atoms with Gasteiger partial charge < -0.3 is 19.7 Å². The number of phenolic OH excluding ortho intramolecular Hbond substituents is 1. The van der Waals surface area contributed by atoms with Crippen LogP contribution < -0.4 is 0 Å². The van der Waals surface area contributed by atoms with Gasteiger partial charge in [-0.15, -0.1) is 0 Å². The van der Waals surface area contributed by atoms with Gasteiger partial charge in [-0.2, -0.15) is 0 Å². The number of benzene rings is 2. The smallest absolute Gasteiger partial charge is 0.253 e.